The maximum Gasteiger partial charge on any atom is 0.204 e. The van der Waals surface area contributed by atoms with Gasteiger partial charge in [0, 0.05) is 19.6 Å². The van der Waals surface area contributed by atoms with E-state index >= 15 is 0 Å². The van der Waals surface area contributed by atoms with Crippen LogP contribution in [0.4, 0.5) is 11.6 Å². The predicted octanol–water partition coefficient (Wildman–Crippen LogP) is 3.32. The van der Waals surface area contributed by atoms with Gasteiger partial charge in [-0.05, 0) is 32.1 Å². The molecule has 21 heavy (non-hydrogen) atoms. The zero-order valence-electron chi connectivity index (χ0n) is 13.6. The molecule has 0 radical (unpaired) electrons. The molecule has 0 aromatic carbocycles. The maximum absolute atomic E-state index is 5.57. The lowest BCUT2D eigenvalue weighted by molar-refractivity contribution is 0.411. The van der Waals surface area contributed by atoms with Crippen LogP contribution in [-0.4, -0.2) is 36.7 Å². The summed E-state index contributed by atoms with van der Waals surface area (Å²) in [7, 11) is 1.70. The number of anilines is 2. The average Bonchev–Trinajstić information content (AvgIpc) is 2.73. The van der Waals surface area contributed by atoms with Gasteiger partial charge in [-0.15, -0.1) is 0 Å². The third kappa shape index (κ3) is 3.99. The van der Waals surface area contributed by atoms with Crippen molar-refractivity contribution in [2.24, 2.45) is 5.92 Å². The Bertz CT molecular complexity index is 438. The molecule has 0 saturated carbocycles. The Balaban J connectivity index is 2.15. The summed E-state index contributed by atoms with van der Waals surface area (Å²) in [6.07, 6.45) is 8.07. The molecule has 2 heterocycles. The molecule has 2 rings (SSSR count). The molecule has 1 aromatic heterocycles. The van der Waals surface area contributed by atoms with Crippen LogP contribution < -0.4 is 15.0 Å². The van der Waals surface area contributed by atoms with Gasteiger partial charge in [0.25, 0.3) is 0 Å². The number of nitrogens with zero attached hydrogens (tertiary/aromatic N) is 3. The molecule has 0 bridgehead atoms. The first-order valence-corrected chi connectivity index (χ1v) is 8.17. The van der Waals surface area contributed by atoms with Gasteiger partial charge in [-0.25, -0.2) is 9.97 Å². The monoisotopic (exact) mass is 292 g/mol. The highest BCUT2D eigenvalue weighted by Crippen LogP contribution is 2.34. The van der Waals surface area contributed by atoms with Gasteiger partial charge in [0.1, 0.15) is 6.33 Å². The molecular weight excluding hydrogens is 264 g/mol. The number of rotatable bonds is 6. The molecule has 1 aliphatic rings. The van der Waals surface area contributed by atoms with Gasteiger partial charge in [-0.1, -0.05) is 19.8 Å². The summed E-state index contributed by atoms with van der Waals surface area (Å²) in [5, 5.41) is 3.25. The predicted molar refractivity (Wildman–Crippen MR) is 87.2 cm³/mol. The standard InChI is InChI=1S/C16H28N4O/c1-4-7-13-8-6-10-20(11-9-13)16-14(21-3)15(17-5-2)18-12-19-16/h12-13H,4-11H2,1-3H3,(H,17,18,19). The normalized spacial score (nSPS) is 19.2. The van der Waals surface area contributed by atoms with Crippen molar-refractivity contribution in [2.45, 2.75) is 46.0 Å². The van der Waals surface area contributed by atoms with Gasteiger partial charge in [0.05, 0.1) is 7.11 Å². The zero-order valence-corrected chi connectivity index (χ0v) is 13.6. The molecule has 1 saturated heterocycles. The average molecular weight is 292 g/mol. The van der Waals surface area contributed by atoms with Gasteiger partial charge in [-0.3, -0.25) is 0 Å². The quantitative estimate of drug-likeness (QED) is 0.871. The number of ether oxygens (including phenoxy) is 1. The van der Waals surface area contributed by atoms with Crippen molar-refractivity contribution in [3.63, 3.8) is 0 Å². The van der Waals surface area contributed by atoms with Crippen molar-refractivity contribution in [2.75, 3.05) is 37.0 Å². The Hall–Kier alpha value is -1.52. The summed E-state index contributed by atoms with van der Waals surface area (Å²) in [6.45, 7) is 7.27. The van der Waals surface area contributed by atoms with E-state index < -0.39 is 0 Å². The van der Waals surface area contributed by atoms with E-state index in [-0.39, 0.29) is 0 Å². The molecule has 118 valence electrons. The maximum atomic E-state index is 5.57. The van der Waals surface area contributed by atoms with Crippen molar-refractivity contribution in [1.82, 2.24) is 9.97 Å². The summed E-state index contributed by atoms with van der Waals surface area (Å²) < 4.78 is 5.57. The van der Waals surface area contributed by atoms with Crippen molar-refractivity contribution >= 4 is 11.6 Å². The molecule has 1 atom stereocenters. The van der Waals surface area contributed by atoms with Gasteiger partial charge in [0.2, 0.25) is 5.75 Å². The fourth-order valence-corrected chi connectivity index (χ4v) is 3.15. The third-order valence-corrected chi connectivity index (χ3v) is 4.18. The van der Waals surface area contributed by atoms with E-state index in [1.165, 1.54) is 32.1 Å². The minimum Gasteiger partial charge on any atom is -0.490 e. The minimum atomic E-state index is 0.772. The van der Waals surface area contributed by atoms with Crippen LogP contribution in [0.25, 0.3) is 0 Å². The van der Waals surface area contributed by atoms with Gasteiger partial charge in [-0.2, -0.15) is 0 Å². The Morgan fingerprint density at radius 2 is 2.14 bits per heavy atom. The van der Waals surface area contributed by atoms with Crippen LogP contribution in [0, 0.1) is 5.92 Å². The summed E-state index contributed by atoms with van der Waals surface area (Å²) >= 11 is 0. The van der Waals surface area contributed by atoms with Crippen LogP contribution in [0.15, 0.2) is 6.33 Å². The van der Waals surface area contributed by atoms with E-state index in [9.17, 15) is 0 Å². The van der Waals surface area contributed by atoms with Crippen LogP contribution in [-0.2, 0) is 0 Å². The second-order valence-corrected chi connectivity index (χ2v) is 5.68. The van der Waals surface area contributed by atoms with Crippen LogP contribution in [0.5, 0.6) is 5.75 Å². The van der Waals surface area contributed by atoms with E-state index in [0.29, 0.717) is 0 Å². The molecule has 1 fully saturated rings. The molecule has 5 heteroatoms. The Morgan fingerprint density at radius 3 is 2.86 bits per heavy atom. The van der Waals surface area contributed by atoms with E-state index in [1.807, 2.05) is 0 Å². The number of hydrogen-bond donors (Lipinski definition) is 1. The van der Waals surface area contributed by atoms with E-state index in [1.54, 1.807) is 13.4 Å². The molecule has 0 aliphatic carbocycles. The lowest BCUT2D eigenvalue weighted by atomic mass is 9.96. The van der Waals surface area contributed by atoms with E-state index in [0.717, 1.165) is 42.9 Å². The molecule has 5 nitrogen and oxygen atoms in total. The molecular formula is C16H28N4O. The Kier molecular flexibility index (Phi) is 6.08. The lowest BCUT2D eigenvalue weighted by Gasteiger charge is -2.24. The topological polar surface area (TPSA) is 50.3 Å². The highest BCUT2D eigenvalue weighted by atomic mass is 16.5. The third-order valence-electron chi connectivity index (χ3n) is 4.18. The number of aromatic nitrogens is 2. The summed E-state index contributed by atoms with van der Waals surface area (Å²) in [5.74, 6) is 3.36. The zero-order chi connectivity index (χ0) is 15.1. The van der Waals surface area contributed by atoms with Crippen molar-refractivity contribution in [1.29, 1.82) is 0 Å². The second-order valence-electron chi connectivity index (χ2n) is 5.68. The van der Waals surface area contributed by atoms with E-state index in [2.05, 4.69) is 34.0 Å². The fraction of sp³-hybridized carbons (Fsp3) is 0.750. The van der Waals surface area contributed by atoms with E-state index in [4.69, 9.17) is 4.74 Å². The number of methoxy groups -OCH3 is 1. The van der Waals surface area contributed by atoms with Gasteiger partial charge in [0.15, 0.2) is 11.6 Å². The van der Waals surface area contributed by atoms with Gasteiger partial charge >= 0.3 is 0 Å². The first kappa shape index (κ1) is 15.9. The molecule has 0 spiro atoms. The largest absolute Gasteiger partial charge is 0.490 e. The fourth-order valence-electron chi connectivity index (χ4n) is 3.15. The first-order valence-electron chi connectivity index (χ1n) is 8.17. The number of hydrogen-bond acceptors (Lipinski definition) is 5. The molecule has 1 unspecified atom stereocenters. The van der Waals surface area contributed by atoms with Crippen LogP contribution in [0.1, 0.15) is 46.0 Å². The Labute approximate surface area is 128 Å². The first-order chi connectivity index (χ1) is 10.3. The number of nitrogens with one attached hydrogen (secondary N) is 1. The van der Waals surface area contributed by atoms with Crippen molar-refractivity contribution in [3.05, 3.63) is 6.33 Å². The molecule has 0 amide bonds. The summed E-state index contributed by atoms with van der Waals surface area (Å²) in [4.78, 5) is 11.1. The van der Waals surface area contributed by atoms with Crippen molar-refractivity contribution < 1.29 is 4.74 Å². The SMILES string of the molecule is CCCC1CCCN(c2ncnc(NCC)c2OC)CC1. The highest BCUT2D eigenvalue weighted by Gasteiger charge is 2.22. The molecule has 1 aromatic rings. The lowest BCUT2D eigenvalue weighted by Crippen LogP contribution is -2.26. The van der Waals surface area contributed by atoms with Crippen LogP contribution >= 0.6 is 0 Å². The summed E-state index contributed by atoms with van der Waals surface area (Å²) in [5.41, 5.74) is 0. The smallest absolute Gasteiger partial charge is 0.204 e. The minimum absolute atomic E-state index is 0.772. The summed E-state index contributed by atoms with van der Waals surface area (Å²) in [6, 6.07) is 0. The van der Waals surface area contributed by atoms with Gasteiger partial charge < -0.3 is 15.0 Å². The van der Waals surface area contributed by atoms with Crippen LogP contribution in [0.2, 0.25) is 0 Å². The molecule has 1 aliphatic heterocycles. The van der Waals surface area contributed by atoms with Crippen LogP contribution in [0.3, 0.4) is 0 Å². The Morgan fingerprint density at radius 1 is 1.29 bits per heavy atom. The van der Waals surface area contributed by atoms with Crippen molar-refractivity contribution in [3.8, 4) is 5.75 Å². The second kappa shape index (κ2) is 8.05. The molecule has 1 N–H and O–H groups in total. The highest BCUT2D eigenvalue weighted by molar-refractivity contribution is 5.64.